The van der Waals surface area contributed by atoms with Gasteiger partial charge in [-0.25, -0.2) is 27.8 Å². The highest BCUT2D eigenvalue weighted by molar-refractivity contribution is 6.02. The lowest BCUT2D eigenvalue weighted by molar-refractivity contribution is 0.246. The summed E-state index contributed by atoms with van der Waals surface area (Å²) in [4.78, 5) is 23.0. The van der Waals surface area contributed by atoms with Crippen LogP contribution in [0.2, 0.25) is 0 Å². The third kappa shape index (κ3) is 4.05. The zero-order valence-electron chi connectivity index (χ0n) is 18.5. The van der Waals surface area contributed by atoms with Crippen molar-refractivity contribution in [2.45, 2.75) is 32.4 Å². The van der Waals surface area contributed by atoms with E-state index in [4.69, 9.17) is 4.98 Å². The number of nitrogens with one attached hydrogen (secondary N) is 3. The molecule has 0 saturated carbocycles. The third-order valence-corrected chi connectivity index (χ3v) is 6.09. The Labute approximate surface area is 194 Å². The Morgan fingerprint density at radius 3 is 2.50 bits per heavy atom. The number of urea groups is 1. The molecule has 2 amide bonds. The fourth-order valence-electron chi connectivity index (χ4n) is 4.40. The number of rotatable bonds is 4. The lowest BCUT2D eigenvalue weighted by Gasteiger charge is -2.31. The molecule has 0 unspecified atom stereocenters. The van der Waals surface area contributed by atoms with Crippen molar-refractivity contribution in [3.8, 4) is 11.3 Å². The maximum atomic E-state index is 14.7. The first-order valence-electron chi connectivity index (χ1n) is 11.1. The molecule has 2 aliphatic rings. The van der Waals surface area contributed by atoms with Crippen LogP contribution in [0.5, 0.6) is 0 Å². The molecule has 0 bridgehead atoms. The second-order valence-corrected chi connectivity index (χ2v) is 8.39. The Morgan fingerprint density at radius 2 is 1.79 bits per heavy atom. The van der Waals surface area contributed by atoms with Gasteiger partial charge in [-0.3, -0.25) is 0 Å². The number of nitrogens with zero attached hydrogens (tertiary/aromatic N) is 3. The van der Waals surface area contributed by atoms with Gasteiger partial charge in [0.2, 0.25) is 5.95 Å². The number of fused-ring (bicyclic) bond motifs is 1. The van der Waals surface area contributed by atoms with Crippen LogP contribution in [0.25, 0.3) is 11.3 Å². The minimum absolute atomic E-state index is 0.0561. The van der Waals surface area contributed by atoms with Crippen molar-refractivity contribution in [3.05, 3.63) is 65.0 Å². The minimum Gasteiger partial charge on any atom is -0.351 e. The molecule has 1 saturated heterocycles. The number of benzene rings is 2. The predicted octanol–water partition coefficient (Wildman–Crippen LogP) is 4.39. The van der Waals surface area contributed by atoms with E-state index in [2.05, 4.69) is 20.9 Å². The number of aryl methyl sites for hydroxylation is 1. The Morgan fingerprint density at radius 1 is 1.06 bits per heavy atom. The summed E-state index contributed by atoms with van der Waals surface area (Å²) in [5.74, 6) is -1.86. The van der Waals surface area contributed by atoms with Crippen molar-refractivity contribution in [1.82, 2.24) is 20.6 Å². The monoisotopic (exact) mass is 468 g/mol. The van der Waals surface area contributed by atoms with Crippen molar-refractivity contribution in [1.29, 1.82) is 0 Å². The van der Waals surface area contributed by atoms with Crippen LogP contribution in [0.3, 0.4) is 0 Å². The summed E-state index contributed by atoms with van der Waals surface area (Å²) in [6.45, 7) is 3.48. The summed E-state index contributed by atoms with van der Waals surface area (Å²) >= 11 is 0. The molecule has 3 aromatic rings. The van der Waals surface area contributed by atoms with Gasteiger partial charge in [0.1, 0.15) is 23.1 Å². The van der Waals surface area contributed by atoms with Crippen LogP contribution in [-0.4, -0.2) is 35.1 Å². The van der Waals surface area contributed by atoms with E-state index in [1.54, 1.807) is 13.0 Å². The van der Waals surface area contributed by atoms with E-state index >= 15 is 0 Å². The average Bonchev–Trinajstić information content (AvgIpc) is 2.80. The van der Waals surface area contributed by atoms with E-state index in [1.807, 2.05) is 0 Å². The van der Waals surface area contributed by atoms with Gasteiger partial charge in [-0.05, 0) is 68.8 Å². The van der Waals surface area contributed by atoms with Crippen LogP contribution in [0.15, 0.2) is 36.4 Å². The summed E-state index contributed by atoms with van der Waals surface area (Å²) in [5.41, 5.74) is 1.69. The van der Waals surface area contributed by atoms with E-state index < -0.39 is 23.4 Å². The molecule has 7 nitrogen and oxygen atoms in total. The number of amides is 2. The van der Waals surface area contributed by atoms with E-state index in [0.717, 1.165) is 43.0 Å². The van der Waals surface area contributed by atoms with Gasteiger partial charge in [0.05, 0.1) is 12.2 Å². The van der Waals surface area contributed by atoms with Crippen LogP contribution in [0, 0.1) is 24.4 Å². The van der Waals surface area contributed by atoms with E-state index in [-0.39, 0.29) is 30.2 Å². The summed E-state index contributed by atoms with van der Waals surface area (Å²) in [6.07, 6.45) is 1.69. The molecule has 34 heavy (non-hydrogen) atoms. The summed E-state index contributed by atoms with van der Waals surface area (Å²) in [6, 6.07) is 7.11. The summed E-state index contributed by atoms with van der Waals surface area (Å²) < 4.78 is 43.3. The first-order chi connectivity index (χ1) is 16.4. The van der Waals surface area contributed by atoms with E-state index in [1.165, 1.54) is 18.2 Å². The van der Waals surface area contributed by atoms with E-state index in [9.17, 15) is 18.0 Å². The SMILES string of the molecule is Cc1cc(F)ccc1-c1nc(NC2CCNCC2)nc2c1CNC(=O)N2c1c(F)cccc1F. The summed E-state index contributed by atoms with van der Waals surface area (Å²) in [7, 11) is 0. The molecule has 0 atom stereocenters. The van der Waals surface area contributed by atoms with Crippen molar-refractivity contribution >= 4 is 23.5 Å². The highest BCUT2D eigenvalue weighted by atomic mass is 19.1. The second-order valence-electron chi connectivity index (χ2n) is 8.39. The molecule has 3 heterocycles. The number of piperidine rings is 1. The number of carbonyl (C=O) groups excluding carboxylic acids is 1. The van der Waals surface area contributed by atoms with Crippen molar-refractivity contribution in [2.24, 2.45) is 0 Å². The van der Waals surface area contributed by atoms with Gasteiger partial charge in [0.25, 0.3) is 0 Å². The molecule has 1 aromatic heterocycles. The number of hydrogen-bond donors (Lipinski definition) is 3. The van der Waals surface area contributed by atoms with Crippen LogP contribution < -0.4 is 20.9 Å². The topological polar surface area (TPSA) is 82.2 Å². The van der Waals surface area contributed by atoms with Gasteiger partial charge >= 0.3 is 6.03 Å². The molecule has 1 fully saturated rings. The number of aromatic nitrogens is 2. The molecule has 3 N–H and O–H groups in total. The number of para-hydroxylation sites is 1. The van der Waals surface area contributed by atoms with E-state index in [0.29, 0.717) is 22.4 Å². The number of halogens is 3. The first-order valence-corrected chi connectivity index (χ1v) is 11.1. The fourth-order valence-corrected chi connectivity index (χ4v) is 4.40. The molecule has 10 heteroatoms. The maximum Gasteiger partial charge on any atom is 0.328 e. The normalized spacial score (nSPS) is 16.2. The quantitative estimate of drug-likeness (QED) is 0.529. The number of hydrogen-bond acceptors (Lipinski definition) is 5. The van der Waals surface area contributed by atoms with Gasteiger partial charge in [0, 0.05) is 17.2 Å². The Bertz CT molecular complexity index is 1240. The second kappa shape index (κ2) is 8.94. The van der Waals surface area contributed by atoms with Crippen molar-refractivity contribution < 1.29 is 18.0 Å². The van der Waals surface area contributed by atoms with Gasteiger partial charge in [0.15, 0.2) is 5.82 Å². The van der Waals surface area contributed by atoms with Gasteiger partial charge in [-0.2, -0.15) is 4.98 Å². The Balaban J connectivity index is 1.71. The lowest BCUT2D eigenvalue weighted by atomic mass is 10.00. The summed E-state index contributed by atoms with van der Waals surface area (Å²) in [5, 5.41) is 9.25. The standard InChI is InChI=1S/C24H23F3N6O/c1-13-11-14(25)5-6-16(13)20-17-12-29-24(34)33(21-18(26)3-2-4-19(21)27)22(17)32-23(31-20)30-15-7-9-28-10-8-15/h2-6,11,15,28H,7-10,12H2,1H3,(H,29,34)(H,30,31,32). The highest BCUT2D eigenvalue weighted by Gasteiger charge is 2.34. The van der Waals surface area contributed by atoms with Crippen LogP contribution in [-0.2, 0) is 6.54 Å². The maximum absolute atomic E-state index is 14.7. The highest BCUT2D eigenvalue weighted by Crippen LogP contribution is 2.39. The molecule has 5 rings (SSSR count). The van der Waals surface area contributed by atoms with Crippen molar-refractivity contribution in [3.63, 3.8) is 0 Å². The zero-order valence-corrected chi connectivity index (χ0v) is 18.5. The van der Waals surface area contributed by atoms with Crippen LogP contribution >= 0.6 is 0 Å². The fraction of sp³-hybridized carbons (Fsp3) is 0.292. The molecular formula is C24H23F3N6O. The van der Waals surface area contributed by atoms with Gasteiger partial charge in [-0.15, -0.1) is 0 Å². The van der Waals surface area contributed by atoms with Gasteiger partial charge < -0.3 is 16.0 Å². The molecular weight excluding hydrogens is 445 g/mol. The first kappa shape index (κ1) is 22.1. The Hall–Kier alpha value is -3.66. The third-order valence-electron chi connectivity index (χ3n) is 6.09. The molecule has 176 valence electrons. The Kier molecular flexibility index (Phi) is 5.82. The molecule has 2 aromatic carbocycles. The molecule has 0 spiro atoms. The largest absolute Gasteiger partial charge is 0.351 e. The number of carbonyl (C=O) groups is 1. The average molecular weight is 468 g/mol. The lowest BCUT2D eigenvalue weighted by Crippen LogP contribution is -2.43. The van der Waals surface area contributed by atoms with Crippen LogP contribution in [0.4, 0.5) is 35.4 Å². The zero-order chi connectivity index (χ0) is 23.8. The predicted molar refractivity (Wildman–Crippen MR) is 122 cm³/mol. The smallest absolute Gasteiger partial charge is 0.328 e. The minimum atomic E-state index is -0.894. The van der Waals surface area contributed by atoms with Crippen LogP contribution in [0.1, 0.15) is 24.0 Å². The molecule has 0 aliphatic carbocycles. The molecule has 0 radical (unpaired) electrons. The molecule has 2 aliphatic heterocycles. The van der Waals surface area contributed by atoms with Gasteiger partial charge in [-0.1, -0.05) is 6.07 Å². The van der Waals surface area contributed by atoms with Crippen molar-refractivity contribution in [2.75, 3.05) is 23.3 Å². The number of anilines is 3.